The molecule has 3 rings (SSSR count). The molecule has 108 valence electrons. The number of hydrogen-bond donors (Lipinski definition) is 1. The summed E-state index contributed by atoms with van der Waals surface area (Å²) in [6, 6.07) is 12.0. The Hall–Kier alpha value is -1.11. The third-order valence-corrected chi connectivity index (χ3v) is 4.93. The van der Waals surface area contributed by atoms with E-state index >= 15 is 0 Å². The van der Waals surface area contributed by atoms with E-state index in [9.17, 15) is 0 Å². The summed E-state index contributed by atoms with van der Waals surface area (Å²) in [6.45, 7) is 2.65. The van der Waals surface area contributed by atoms with Crippen LogP contribution >= 0.6 is 43.2 Å². The molecule has 0 aliphatic carbocycles. The molecule has 0 saturated heterocycles. The van der Waals surface area contributed by atoms with Crippen molar-refractivity contribution < 1.29 is 4.74 Å². The van der Waals surface area contributed by atoms with Gasteiger partial charge in [0.15, 0.2) is 5.13 Å². The Kier molecular flexibility index (Phi) is 4.47. The van der Waals surface area contributed by atoms with E-state index in [4.69, 9.17) is 4.74 Å². The number of halogens is 2. The zero-order valence-electron chi connectivity index (χ0n) is 11.2. The summed E-state index contributed by atoms with van der Waals surface area (Å²) in [5.41, 5.74) is 1.96. The Morgan fingerprint density at radius 3 is 2.81 bits per heavy atom. The monoisotopic (exact) mass is 426 g/mol. The Bertz CT molecular complexity index is 788. The average molecular weight is 428 g/mol. The molecular weight excluding hydrogens is 416 g/mol. The standard InChI is InChI=1S/C15H12Br2N2OS/c1-2-20-10-4-6-13-14(8-10)21-15(19-13)18-12-5-3-9(16)7-11(12)17/h3-8H,2H2,1H3,(H,18,19). The number of nitrogens with one attached hydrogen (secondary N) is 1. The largest absolute Gasteiger partial charge is 0.494 e. The summed E-state index contributed by atoms with van der Waals surface area (Å²) in [4.78, 5) is 4.59. The number of rotatable bonds is 4. The fourth-order valence-corrected chi connectivity index (χ4v) is 3.97. The molecule has 0 fully saturated rings. The first kappa shape index (κ1) is 14.8. The number of thiazole rings is 1. The molecule has 0 atom stereocenters. The molecule has 0 unspecified atom stereocenters. The second kappa shape index (κ2) is 6.34. The van der Waals surface area contributed by atoms with Crippen molar-refractivity contribution in [2.24, 2.45) is 0 Å². The van der Waals surface area contributed by atoms with Gasteiger partial charge in [0.25, 0.3) is 0 Å². The molecule has 6 heteroatoms. The highest BCUT2D eigenvalue weighted by Gasteiger charge is 2.07. The quantitative estimate of drug-likeness (QED) is 0.557. The van der Waals surface area contributed by atoms with Crippen molar-refractivity contribution in [3.05, 3.63) is 45.3 Å². The summed E-state index contributed by atoms with van der Waals surface area (Å²) in [5, 5.41) is 4.20. The molecule has 1 aromatic heterocycles. The molecule has 0 aliphatic rings. The predicted octanol–water partition coefficient (Wildman–Crippen LogP) is 5.96. The lowest BCUT2D eigenvalue weighted by Crippen LogP contribution is -1.90. The average Bonchev–Trinajstić information content (AvgIpc) is 2.84. The Morgan fingerprint density at radius 1 is 1.19 bits per heavy atom. The summed E-state index contributed by atoms with van der Waals surface area (Å²) in [5.74, 6) is 0.880. The van der Waals surface area contributed by atoms with Crippen molar-refractivity contribution >= 4 is 64.2 Å². The predicted molar refractivity (Wildman–Crippen MR) is 95.9 cm³/mol. The fraction of sp³-hybridized carbons (Fsp3) is 0.133. The van der Waals surface area contributed by atoms with Crippen LogP contribution < -0.4 is 10.1 Å². The van der Waals surface area contributed by atoms with E-state index in [2.05, 4.69) is 42.2 Å². The van der Waals surface area contributed by atoms with Crippen LogP contribution in [0.3, 0.4) is 0 Å². The Labute approximate surface area is 143 Å². The maximum absolute atomic E-state index is 5.52. The Morgan fingerprint density at radius 2 is 2.05 bits per heavy atom. The molecule has 0 bridgehead atoms. The summed E-state index contributed by atoms with van der Waals surface area (Å²) < 4.78 is 8.65. The van der Waals surface area contributed by atoms with Gasteiger partial charge in [-0.25, -0.2) is 4.98 Å². The van der Waals surface area contributed by atoms with Gasteiger partial charge in [0.05, 0.1) is 22.5 Å². The lowest BCUT2D eigenvalue weighted by Gasteiger charge is -2.05. The number of hydrogen-bond acceptors (Lipinski definition) is 4. The molecule has 2 aromatic carbocycles. The first-order valence-electron chi connectivity index (χ1n) is 6.41. The van der Waals surface area contributed by atoms with E-state index in [1.807, 2.05) is 43.3 Å². The third kappa shape index (κ3) is 3.39. The van der Waals surface area contributed by atoms with Gasteiger partial charge in [-0.3, -0.25) is 0 Å². The molecule has 0 radical (unpaired) electrons. The van der Waals surface area contributed by atoms with Crippen LogP contribution in [-0.2, 0) is 0 Å². The lowest BCUT2D eigenvalue weighted by molar-refractivity contribution is 0.341. The number of benzene rings is 2. The second-order valence-electron chi connectivity index (χ2n) is 4.33. The number of nitrogens with zero attached hydrogens (tertiary/aromatic N) is 1. The van der Waals surface area contributed by atoms with E-state index in [1.54, 1.807) is 11.3 Å². The molecule has 0 spiro atoms. The Balaban J connectivity index is 1.90. The summed E-state index contributed by atoms with van der Waals surface area (Å²) in [6.07, 6.45) is 0. The van der Waals surface area contributed by atoms with Gasteiger partial charge in [-0.15, -0.1) is 0 Å². The van der Waals surface area contributed by atoms with E-state index in [0.717, 1.165) is 35.7 Å². The van der Waals surface area contributed by atoms with Crippen LogP contribution in [0, 0.1) is 0 Å². The first-order valence-corrected chi connectivity index (χ1v) is 8.81. The van der Waals surface area contributed by atoms with Crippen LogP contribution in [0.2, 0.25) is 0 Å². The van der Waals surface area contributed by atoms with E-state index < -0.39 is 0 Å². The summed E-state index contributed by atoms with van der Waals surface area (Å²) in [7, 11) is 0. The highest BCUT2D eigenvalue weighted by atomic mass is 79.9. The van der Waals surface area contributed by atoms with Gasteiger partial charge in [0.2, 0.25) is 0 Å². The molecule has 1 N–H and O–H groups in total. The van der Waals surface area contributed by atoms with Crippen molar-refractivity contribution in [3.8, 4) is 5.75 Å². The molecule has 21 heavy (non-hydrogen) atoms. The third-order valence-electron chi connectivity index (χ3n) is 2.84. The lowest BCUT2D eigenvalue weighted by atomic mass is 10.3. The summed E-state index contributed by atoms with van der Waals surface area (Å²) >= 11 is 8.60. The molecule has 3 aromatic rings. The van der Waals surface area contributed by atoms with Gasteiger partial charge in [-0.05, 0) is 59.3 Å². The second-order valence-corrected chi connectivity index (χ2v) is 7.13. The smallest absolute Gasteiger partial charge is 0.188 e. The van der Waals surface area contributed by atoms with Gasteiger partial charge in [-0.2, -0.15) is 0 Å². The first-order chi connectivity index (χ1) is 10.2. The number of anilines is 2. The van der Waals surface area contributed by atoms with Crippen molar-refractivity contribution in [2.45, 2.75) is 6.92 Å². The van der Waals surface area contributed by atoms with Gasteiger partial charge in [-0.1, -0.05) is 27.3 Å². The zero-order chi connectivity index (χ0) is 14.8. The highest BCUT2D eigenvalue weighted by Crippen LogP contribution is 2.34. The minimum Gasteiger partial charge on any atom is -0.494 e. The SMILES string of the molecule is CCOc1ccc2nc(Nc3ccc(Br)cc3Br)sc2c1. The molecular formula is C15H12Br2N2OS. The van der Waals surface area contributed by atoms with Gasteiger partial charge in [0.1, 0.15) is 5.75 Å². The van der Waals surface area contributed by atoms with Crippen molar-refractivity contribution in [2.75, 3.05) is 11.9 Å². The van der Waals surface area contributed by atoms with Crippen LogP contribution in [0.1, 0.15) is 6.92 Å². The van der Waals surface area contributed by atoms with E-state index in [0.29, 0.717) is 6.61 Å². The van der Waals surface area contributed by atoms with Gasteiger partial charge >= 0.3 is 0 Å². The van der Waals surface area contributed by atoms with Crippen LogP contribution in [0.15, 0.2) is 45.3 Å². The number of ether oxygens (including phenoxy) is 1. The van der Waals surface area contributed by atoms with Crippen LogP contribution in [0.25, 0.3) is 10.2 Å². The highest BCUT2D eigenvalue weighted by molar-refractivity contribution is 9.11. The van der Waals surface area contributed by atoms with Crippen molar-refractivity contribution in [1.82, 2.24) is 4.98 Å². The zero-order valence-corrected chi connectivity index (χ0v) is 15.2. The van der Waals surface area contributed by atoms with Crippen molar-refractivity contribution in [3.63, 3.8) is 0 Å². The van der Waals surface area contributed by atoms with Gasteiger partial charge < -0.3 is 10.1 Å². The van der Waals surface area contributed by atoms with Crippen LogP contribution in [0.4, 0.5) is 10.8 Å². The minimum atomic E-state index is 0.668. The van der Waals surface area contributed by atoms with Crippen LogP contribution in [-0.4, -0.2) is 11.6 Å². The van der Waals surface area contributed by atoms with E-state index in [1.165, 1.54) is 0 Å². The maximum Gasteiger partial charge on any atom is 0.188 e. The molecule has 0 aliphatic heterocycles. The minimum absolute atomic E-state index is 0.668. The number of fused-ring (bicyclic) bond motifs is 1. The van der Waals surface area contributed by atoms with Gasteiger partial charge in [0, 0.05) is 8.95 Å². The fourth-order valence-electron chi connectivity index (χ4n) is 1.92. The topological polar surface area (TPSA) is 34.1 Å². The van der Waals surface area contributed by atoms with Crippen LogP contribution in [0.5, 0.6) is 5.75 Å². The van der Waals surface area contributed by atoms with Crippen molar-refractivity contribution in [1.29, 1.82) is 0 Å². The normalized spacial score (nSPS) is 10.8. The molecule has 3 nitrogen and oxygen atoms in total. The maximum atomic E-state index is 5.52. The van der Waals surface area contributed by atoms with E-state index in [-0.39, 0.29) is 0 Å². The molecule has 0 saturated carbocycles. The molecule has 0 amide bonds. The number of aromatic nitrogens is 1. The molecule has 1 heterocycles.